The summed E-state index contributed by atoms with van der Waals surface area (Å²) in [5, 5.41) is 8.77. The zero-order valence-corrected chi connectivity index (χ0v) is 8.49. The van der Waals surface area contributed by atoms with Crippen molar-refractivity contribution in [2.24, 2.45) is 0 Å². The molecule has 82 valence electrons. The first-order valence-corrected chi connectivity index (χ1v) is 4.61. The molecule has 0 unspecified atom stereocenters. The lowest BCUT2D eigenvalue weighted by Crippen LogP contribution is -2.15. The van der Waals surface area contributed by atoms with E-state index in [9.17, 15) is 9.18 Å². The molecule has 0 amide bonds. The van der Waals surface area contributed by atoms with Crippen LogP contribution in [0.3, 0.4) is 0 Å². The summed E-state index contributed by atoms with van der Waals surface area (Å²) in [6.07, 6.45) is 0. The lowest BCUT2D eigenvalue weighted by atomic mass is 10.3. The van der Waals surface area contributed by atoms with Gasteiger partial charge in [0, 0.05) is 5.69 Å². The smallest absolute Gasteiger partial charge is 0.338 e. The normalized spacial score (nSPS) is 10.1. The molecular formula is C10H9FN4O. The summed E-state index contributed by atoms with van der Waals surface area (Å²) in [5.74, 6) is -0.0465. The molecule has 2 rings (SSSR count). The number of halogens is 1. The van der Waals surface area contributed by atoms with E-state index in [1.807, 2.05) is 0 Å². The molecule has 2 aromatic rings. The predicted octanol–water partition coefficient (Wildman–Crippen LogP) is 1.36. The van der Waals surface area contributed by atoms with Crippen LogP contribution in [0, 0.1) is 12.7 Å². The molecule has 1 aromatic heterocycles. The van der Waals surface area contributed by atoms with Gasteiger partial charge in [0.2, 0.25) is 0 Å². The number of aryl methyl sites for hydroxylation is 1. The highest BCUT2D eigenvalue weighted by Gasteiger charge is 2.03. The van der Waals surface area contributed by atoms with E-state index in [-0.39, 0.29) is 5.82 Å². The molecule has 0 bridgehead atoms. The Morgan fingerprint density at radius 2 is 2.25 bits per heavy atom. The van der Waals surface area contributed by atoms with Gasteiger partial charge in [0.15, 0.2) is 5.82 Å². The van der Waals surface area contributed by atoms with Gasteiger partial charge < -0.3 is 5.32 Å². The molecule has 1 heterocycles. The number of aromatic nitrogens is 3. The third kappa shape index (κ3) is 2.22. The second kappa shape index (κ2) is 4.09. The molecule has 0 atom stereocenters. The number of aromatic amines is 1. The van der Waals surface area contributed by atoms with Gasteiger partial charge in [-0.05, 0) is 25.1 Å². The van der Waals surface area contributed by atoms with Crippen LogP contribution in [0.2, 0.25) is 0 Å². The van der Waals surface area contributed by atoms with Crippen molar-refractivity contribution in [2.45, 2.75) is 6.92 Å². The fourth-order valence-corrected chi connectivity index (χ4v) is 1.21. The van der Waals surface area contributed by atoms with Crippen LogP contribution in [0.4, 0.5) is 15.9 Å². The lowest BCUT2D eigenvalue weighted by molar-refractivity contribution is 0.628. The van der Waals surface area contributed by atoms with Crippen LogP contribution in [0.5, 0.6) is 0 Å². The Labute approximate surface area is 90.4 Å². The zero-order valence-electron chi connectivity index (χ0n) is 8.49. The Morgan fingerprint density at radius 1 is 1.44 bits per heavy atom. The Hall–Kier alpha value is -2.24. The zero-order chi connectivity index (χ0) is 11.5. The molecule has 0 aliphatic heterocycles. The van der Waals surface area contributed by atoms with Gasteiger partial charge >= 0.3 is 5.69 Å². The fraction of sp³-hybridized carbons (Fsp3) is 0.100. The highest BCUT2D eigenvalue weighted by Crippen LogP contribution is 2.15. The maximum atomic E-state index is 12.9. The van der Waals surface area contributed by atoms with Crippen molar-refractivity contribution < 1.29 is 4.39 Å². The van der Waals surface area contributed by atoms with Crippen LogP contribution in [-0.2, 0) is 0 Å². The van der Waals surface area contributed by atoms with Gasteiger partial charge in [-0.15, -0.1) is 0 Å². The molecule has 0 fully saturated rings. The molecule has 0 radical (unpaired) electrons. The van der Waals surface area contributed by atoms with Crippen molar-refractivity contribution in [1.29, 1.82) is 0 Å². The summed E-state index contributed by atoms with van der Waals surface area (Å²) in [5.41, 5.74) is 0.497. The van der Waals surface area contributed by atoms with Crippen molar-refractivity contribution in [3.8, 4) is 0 Å². The van der Waals surface area contributed by atoms with Crippen LogP contribution in [0.1, 0.15) is 5.69 Å². The molecular weight excluding hydrogens is 211 g/mol. The summed E-state index contributed by atoms with van der Waals surface area (Å²) in [6.45, 7) is 1.69. The number of hydrogen-bond acceptors (Lipinski definition) is 4. The topological polar surface area (TPSA) is 70.7 Å². The minimum absolute atomic E-state index is 0.314. The monoisotopic (exact) mass is 220 g/mol. The molecule has 0 spiro atoms. The van der Waals surface area contributed by atoms with E-state index in [2.05, 4.69) is 20.5 Å². The van der Waals surface area contributed by atoms with Crippen molar-refractivity contribution in [1.82, 2.24) is 15.2 Å². The van der Waals surface area contributed by atoms with Gasteiger partial charge in [-0.25, -0.2) is 14.3 Å². The van der Waals surface area contributed by atoms with Gasteiger partial charge in [-0.2, -0.15) is 10.1 Å². The number of anilines is 2. The van der Waals surface area contributed by atoms with Crippen LogP contribution >= 0.6 is 0 Å². The first-order valence-electron chi connectivity index (χ1n) is 4.61. The van der Waals surface area contributed by atoms with E-state index in [1.54, 1.807) is 19.1 Å². The summed E-state index contributed by atoms with van der Waals surface area (Å²) < 4.78 is 12.9. The Balaban J connectivity index is 2.33. The molecule has 1 aromatic carbocycles. The predicted molar refractivity (Wildman–Crippen MR) is 57.1 cm³/mol. The Bertz CT molecular complexity index is 567. The second-order valence-corrected chi connectivity index (χ2v) is 3.21. The van der Waals surface area contributed by atoms with Gasteiger partial charge in [0.25, 0.3) is 0 Å². The van der Waals surface area contributed by atoms with Crippen molar-refractivity contribution in [3.05, 3.63) is 46.3 Å². The first kappa shape index (κ1) is 10.3. The quantitative estimate of drug-likeness (QED) is 0.801. The van der Waals surface area contributed by atoms with E-state index in [1.165, 1.54) is 12.1 Å². The minimum Gasteiger partial charge on any atom is -0.338 e. The van der Waals surface area contributed by atoms with E-state index in [0.717, 1.165) is 0 Å². The van der Waals surface area contributed by atoms with Gasteiger partial charge in [0.05, 0.1) is 0 Å². The average molecular weight is 220 g/mol. The number of nitrogens with zero attached hydrogens (tertiary/aromatic N) is 2. The molecule has 0 aliphatic carbocycles. The number of nitrogens with one attached hydrogen (secondary N) is 2. The van der Waals surface area contributed by atoms with Crippen LogP contribution in [0.15, 0.2) is 29.1 Å². The molecule has 0 saturated heterocycles. The largest absolute Gasteiger partial charge is 0.363 e. The summed E-state index contributed by atoms with van der Waals surface area (Å²) >= 11 is 0. The molecule has 2 N–H and O–H groups in total. The van der Waals surface area contributed by atoms with Crippen LogP contribution < -0.4 is 11.0 Å². The van der Waals surface area contributed by atoms with E-state index >= 15 is 0 Å². The van der Waals surface area contributed by atoms with Crippen LogP contribution in [0.25, 0.3) is 0 Å². The van der Waals surface area contributed by atoms with Crippen molar-refractivity contribution >= 4 is 11.5 Å². The molecule has 0 saturated carbocycles. The lowest BCUT2D eigenvalue weighted by Gasteiger charge is -2.06. The van der Waals surface area contributed by atoms with E-state index < -0.39 is 5.69 Å². The first-order chi connectivity index (χ1) is 7.65. The third-order valence-corrected chi connectivity index (χ3v) is 1.96. The summed E-state index contributed by atoms with van der Waals surface area (Å²) in [7, 11) is 0. The maximum Gasteiger partial charge on any atom is 0.363 e. The van der Waals surface area contributed by atoms with Crippen molar-refractivity contribution in [3.63, 3.8) is 0 Å². The van der Waals surface area contributed by atoms with Crippen LogP contribution in [-0.4, -0.2) is 15.2 Å². The highest BCUT2D eigenvalue weighted by molar-refractivity contribution is 5.57. The van der Waals surface area contributed by atoms with E-state index in [0.29, 0.717) is 17.2 Å². The van der Waals surface area contributed by atoms with Gasteiger partial charge in [-0.3, -0.25) is 0 Å². The average Bonchev–Trinajstić information content (AvgIpc) is 2.24. The standard InChI is InChI=1S/C10H9FN4O/c1-6-9(13-10(16)15-14-6)12-8-4-2-3-7(11)5-8/h2-5H,1H3,(H2,12,13,15,16). The van der Waals surface area contributed by atoms with Crippen molar-refractivity contribution in [2.75, 3.05) is 5.32 Å². The third-order valence-electron chi connectivity index (χ3n) is 1.96. The number of hydrogen-bond donors (Lipinski definition) is 2. The van der Waals surface area contributed by atoms with Gasteiger partial charge in [-0.1, -0.05) is 6.07 Å². The molecule has 16 heavy (non-hydrogen) atoms. The SMILES string of the molecule is Cc1n[nH]c(=O)nc1Nc1cccc(F)c1. The molecule has 6 heteroatoms. The number of rotatable bonds is 2. The highest BCUT2D eigenvalue weighted by atomic mass is 19.1. The summed E-state index contributed by atoms with van der Waals surface area (Å²) in [4.78, 5) is 14.6. The second-order valence-electron chi connectivity index (χ2n) is 3.21. The Morgan fingerprint density at radius 3 is 3.00 bits per heavy atom. The molecule has 5 nitrogen and oxygen atoms in total. The minimum atomic E-state index is -0.551. The Kier molecular flexibility index (Phi) is 2.63. The summed E-state index contributed by atoms with van der Waals surface area (Å²) in [6, 6.07) is 5.88. The molecule has 0 aliphatic rings. The number of H-pyrrole nitrogens is 1. The number of benzene rings is 1. The maximum absolute atomic E-state index is 12.9. The fourth-order valence-electron chi connectivity index (χ4n) is 1.21. The van der Waals surface area contributed by atoms with Gasteiger partial charge in [0.1, 0.15) is 11.5 Å². The van der Waals surface area contributed by atoms with E-state index in [4.69, 9.17) is 0 Å².